The molecular formula is C59H91N3O22. The number of benzene rings is 1. The standard InChI is InChI=1S/C37H67NO13.C22H24N2O9/c1-14-25-37(10,45)30(41)20(4)27(39)18(2)16-35(8,44)32(51-34-28(40)24(38(11)12)15-19(3)47-34)21(5)29(22(6)33(43)49-25)50-26-17-36(9,46-13)31(42)23(7)48-26;1-21(32)7-5-4-6-8(25)9(7)15(26)10-12(21)17(28)13-14(24(2)3)16(27)11(20(23)31)19(30)22(13,33)18(10)29/h18-26,28-32,34,40-42,44-45H,14-17H2,1-13H3;4-6,12-14,17,25,27-29,32-33H,1-3H3,(H2,23,31)/t18-,19-,20+,21-,22-,23+,24+,25-,26+,28-,29+,30+,31+,32-,34+,35-,36-,37-;12-,13-,14+,17+,21-,22+/m11/s1. The first-order valence-corrected chi connectivity index (χ1v) is 28.6. The minimum Gasteiger partial charge on any atom is -0.510 e. The Morgan fingerprint density at radius 3 is 1.96 bits per heavy atom. The van der Waals surface area contributed by atoms with Gasteiger partial charge in [0.25, 0.3) is 5.91 Å². The number of carbonyl (C=O) groups is 5. The molecule has 25 nitrogen and oxygen atoms in total. The number of aliphatic hydroxyl groups excluding tert-OH is 6. The number of nitrogens with two attached hydrogens (primary N) is 1. The number of cyclic esters (lactones) is 1. The molecule has 7 rings (SSSR count). The van der Waals surface area contributed by atoms with Crippen molar-refractivity contribution >= 4 is 29.2 Å². The highest BCUT2D eigenvalue weighted by Crippen LogP contribution is 2.57. The molecule has 13 N–H and O–H groups in total. The SMILES string of the molecule is CC[C@H]1OC(=O)[C@H](C)[C@@H](O[C@H]2C[C@@](C)(OC)[C@@H](O)[C@H](C)O2)[C@@H](C)[C@@H](O[C@@H]2O[C@H](C)C[C@H](N(C)C)[C@H]2O)[C@](C)(O)C[C@@H](C)C(=O)[C@H](C)[C@H](O)[C@]1(C)O.CN(C)[C@@H]1C(O)=C(C(N)=O)C(=O)[C@@]2(O)C(O)=C3C(=O)c4c(O)cccc4[C@@](C)(O)[C@H]3[C@H](O)[C@@H]12. The zero-order chi connectivity index (χ0) is 63.7. The Morgan fingerprint density at radius 1 is 0.810 bits per heavy atom. The van der Waals surface area contributed by atoms with Gasteiger partial charge >= 0.3 is 5.97 Å². The maximum Gasteiger partial charge on any atom is 0.311 e. The van der Waals surface area contributed by atoms with E-state index in [2.05, 4.69) is 0 Å². The van der Waals surface area contributed by atoms with Crippen LogP contribution in [-0.2, 0) is 53.2 Å². The number of ketones is 3. The maximum atomic E-state index is 14.1. The lowest BCUT2D eigenvalue weighted by molar-refractivity contribution is -0.318. The number of aliphatic hydroxyl groups is 10. The molecule has 0 bridgehead atoms. The average Bonchev–Trinajstić information content (AvgIpc) is 0.838. The fraction of sp³-hybridized carbons (Fsp3) is 0.746. The monoisotopic (exact) mass is 1190 g/mol. The molecule has 3 fully saturated rings. The van der Waals surface area contributed by atoms with Crippen LogP contribution >= 0.6 is 0 Å². The van der Waals surface area contributed by atoms with Crippen LogP contribution in [0.25, 0.3) is 0 Å². The molecule has 0 saturated carbocycles. The van der Waals surface area contributed by atoms with E-state index in [0.29, 0.717) is 6.42 Å². The molecule has 3 aliphatic heterocycles. The Kier molecular flexibility index (Phi) is 20.3. The van der Waals surface area contributed by atoms with Gasteiger partial charge in [0.1, 0.15) is 52.5 Å². The normalized spacial score (nSPS) is 44.3. The number of rotatable bonds is 9. The number of hydrogen-bond acceptors (Lipinski definition) is 24. The molecule has 474 valence electrons. The molecule has 3 heterocycles. The summed E-state index contributed by atoms with van der Waals surface area (Å²) in [5.41, 5.74) is -6.72. The third-order valence-corrected chi connectivity index (χ3v) is 18.9. The first kappa shape index (κ1) is 68.6. The van der Waals surface area contributed by atoms with Crippen LogP contribution in [0.15, 0.2) is 40.9 Å². The lowest BCUT2D eigenvalue weighted by atomic mass is 9.54. The van der Waals surface area contributed by atoms with Gasteiger partial charge in [-0.1, -0.05) is 39.8 Å². The summed E-state index contributed by atoms with van der Waals surface area (Å²) in [5.74, 6) is -14.6. The minimum absolute atomic E-state index is 0.0281. The van der Waals surface area contributed by atoms with Crippen LogP contribution < -0.4 is 5.73 Å². The van der Waals surface area contributed by atoms with Crippen LogP contribution in [0.2, 0.25) is 0 Å². The van der Waals surface area contributed by atoms with E-state index in [9.17, 15) is 80.1 Å². The molecule has 6 aliphatic rings. The molecular weight excluding hydrogens is 1100 g/mol. The van der Waals surface area contributed by atoms with Gasteiger partial charge in [-0.05, 0) is 108 Å². The summed E-state index contributed by atoms with van der Waals surface area (Å²) in [5, 5.41) is 124. The highest BCUT2D eigenvalue weighted by atomic mass is 16.7. The molecule has 3 saturated heterocycles. The zero-order valence-electron chi connectivity index (χ0n) is 50.9. The van der Waals surface area contributed by atoms with Crippen LogP contribution in [-0.4, -0.2) is 233 Å². The summed E-state index contributed by atoms with van der Waals surface area (Å²) in [6, 6.07) is 2.21. The molecule has 3 aliphatic carbocycles. The van der Waals surface area contributed by atoms with E-state index in [-0.39, 0.29) is 42.5 Å². The Morgan fingerprint density at radius 2 is 1.42 bits per heavy atom. The second-order valence-corrected chi connectivity index (χ2v) is 25.5. The topological polar surface area (TPSA) is 396 Å². The number of methoxy groups -OCH3 is 1. The molecule has 0 spiro atoms. The van der Waals surface area contributed by atoms with Gasteiger partial charge in [0.05, 0.1) is 88.4 Å². The molecule has 0 unspecified atom stereocenters. The number of carbonyl (C=O) groups excluding carboxylic acids is 5. The number of nitrogens with zero attached hydrogens (tertiary/aromatic N) is 2. The lowest BCUT2D eigenvalue weighted by Gasteiger charge is -2.55. The molecule has 24 atom stereocenters. The number of fused-ring (bicyclic) bond motifs is 3. The Balaban J connectivity index is 0.000000294. The Hall–Kier alpha value is -4.55. The summed E-state index contributed by atoms with van der Waals surface area (Å²) in [7, 11) is 8.03. The zero-order valence-corrected chi connectivity index (χ0v) is 50.9. The summed E-state index contributed by atoms with van der Waals surface area (Å²) >= 11 is 0. The van der Waals surface area contributed by atoms with Crippen LogP contribution in [0.5, 0.6) is 5.75 Å². The smallest absolute Gasteiger partial charge is 0.311 e. The number of amides is 1. The number of aromatic hydroxyl groups is 1. The number of phenolic OH excluding ortho intramolecular Hbond substituents is 1. The number of likely N-dealkylation sites (N-methyl/N-ethyl adjacent to an activating group) is 2. The maximum absolute atomic E-state index is 14.1. The van der Waals surface area contributed by atoms with Crippen molar-refractivity contribution in [2.45, 2.75) is 209 Å². The predicted octanol–water partition coefficient (Wildman–Crippen LogP) is 0.542. The molecule has 1 aromatic carbocycles. The van der Waals surface area contributed by atoms with Crippen molar-refractivity contribution < 1.29 is 109 Å². The van der Waals surface area contributed by atoms with Gasteiger partial charge in [-0.25, -0.2) is 0 Å². The van der Waals surface area contributed by atoms with Crippen LogP contribution in [0.1, 0.15) is 118 Å². The van der Waals surface area contributed by atoms with Crippen molar-refractivity contribution in [1.82, 2.24) is 9.80 Å². The van der Waals surface area contributed by atoms with Crippen molar-refractivity contribution in [1.29, 1.82) is 0 Å². The number of hydrogen-bond donors (Lipinski definition) is 12. The van der Waals surface area contributed by atoms with Crippen LogP contribution in [0, 0.1) is 35.5 Å². The number of Topliss-reactive ketones (excluding diaryl/α,β-unsaturated/α-hetero) is 3. The second kappa shape index (κ2) is 24.9. The molecule has 0 aromatic heterocycles. The largest absolute Gasteiger partial charge is 0.510 e. The highest BCUT2D eigenvalue weighted by molar-refractivity contribution is 6.25. The summed E-state index contributed by atoms with van der Waals surface area (Å²) in [4.78, 5) is 69.6. The van der Waals surface area contributed by atoms with E-state index < -0.39 is 189 Å². The molecule has 84 heavy (non-hydrogen) atoms. The Bertz CT molecular complexity index is 2710. The lowest BCUT2D eigenvalue weighted by Crippen LogP contribution is -2.70. The van der Waals surface area contributed by atoms with Crippen LogP contribution in [0.3, 0.4) is 0 Å². The van der Waals surface area contributed by atoms with Crippen LogP contribution in [0.4, 0.5) is 0 Å². The van der Waals surface area contributed by atoms with E-state index in [4.69, 9.17) is 34.2 Å². The Labute approximate surface area is 489 Å². The summed E-state index contributed by atoms with van der Waals surface area (Å²) < 4.78 is 37.1. The van der Waals surface area contributed by atoms with Gasteiger partial charge in [-0.2, -0.15) is 0 Å². The molecule has 0 radical (unpaired) electrons. The van der Waals surface area contributed by atoms with Crippen molar-refractivity contribution in [2.24, 2.45) is 41.2 Å². The van der Waals surface area contributed by atoms with E-state index in [1.807, 2.05) is 25.9 Å². The fourth-order valence-electron chi connectivity index (χ4n) is 14.0. The second-order valence-electron chi connectivity index (χ2n) is 25.5. The van der Waals surface area contributed by atoms with Gasteiger partial charge in [0.15, 0.2) is 24.0 Å². The fourth-order valence-corrected chi connectivity index (χ4v) is 14.0. The van der Waals surface area contributed by atoms with Gasteiger partial charge in [-0.3, -0.25) is 28.9 Å². The first-order valence-electron chi connectivity index (χ1n) is 28.6. The summed E-state index contributed by atoms with van der Waals surface area (Å²) in [6.45, 7) is 17.6. The first-order chi connectivity index (χ1) is 38.6. The van der Waals surface area contributed by atoms with Crippen molar-refractivity contribution in [2.75, 3.05) is 35.3 Å². The number of phenols is 1. The third kappa shape index (κ3) is 12.0. The van der Waals surface area contributed by atoms with Crippen molar-refractivity contribution in [3.8, 4) is 5.75 Å². The minimum atomic E-state index is -3.02. The van der Waals surface area contributed by atoms with E-state index >= 15 is 0 Å². The number of esters is 1. The third-order valence-electron chi connectivity index (χ3n) is 18.9. The van der Waals surface area contributed by atoms with Crippen molar-refractivity contribution in [3.05, 3.63) is 52.0 Å². The molecule has 1 aromatic rings. The van der Waals surface area contributed by atoms with Gasteiger partial charge < -0.3 is 95.2 Å². The number of ether oxygens (including phenoxy) is 6. The van der Waals surface area contributed by atoms with E-state index in [1.165, 1.54) is 72.0 Å². The quantitative estimate of drug-likeness (QED) is 0.119. The molecule has 1 amide bonds. The van der Waals surface area contributed by atoms with Gasteiger partial charge in [-0.15, -0.1) is 0 Å². The highest BCUT2D eigenvalue weighted by Gasteiger charge is 2.69. The van der Waals surface area contributed by atoms with Gasteiger partial charge in [0.2, 0.25) is 5.78 Å². The predicted molar refractivity (Wildman–Crippen MR) is 297 cm³/mol. The average molecular weight is 1190 g/mol. The number of primary amides is 1. The molecule has 25 heteroatoms. The van der Waals surface area contributed by atoms with Gasteiger partial charge in [0, 0.05) is 37.3 Å². The summed E-state index contributed by atoms with van der Waals surface area (Å²) in [6.07, 6.45) is -11.6. The van der Waals surface area contributed by atoms with E-state index in [1.54, 1.807) is 41.5 Å². The van der Waals surface area contributed by atoms with Crippen molar-refractivity contribution in [3.63, 3.8) is 0 Å². The van der Waals surface area contributed by atoms with E-state index in [0.717, 1.165) is 0 Å².